The summed E-state index contributed by atoms with van der Waals surface area (Å²) >= 11 is 1.42. The van der Waals surface area contributed by atoms with Gasteiger partial charge in [0.1, 0.15) is 0 Å². The van der Waals surface area contributed by atoms with Crippen LogP contribution in [-0.4, -0.2) is 48.2 Å². The molecule has 0 aliphatic rings. The van der Waals surface area contributed by atoms with E-state index in [0.717, 1.165) is 34.2 Å². The molecule has 0 saturated heterocycles. The Balaban J connectivity index is 1.67. The van der Waals surface area contributed by atoms with Crippen LogP contribution < -0.4 is 0 Å². The van der Waals surface area contributed by atoms with E-state index < -0.39 is 0 Å². The summed E-state index contributed by atoms with van der Waals surface area (Å²) in [5.74, 6) is 1.21. The van der Waals surface area contributed by atoms with Crippen molar-refractivity contribution in [1.82, 2.24) is 29.4 Å². The second kappa shape index (κ2) is 8.39. The fourth-order valence-corrected chi connectivity index (χ4v) is 3.80. The van der Waals surface area contributed by atoms with Crippen molar-refractivity contribution in [2.75, 3.05) is 12.8 Å². The maximum atomic E-state index is 12.5. The van der Waals surface area contributed by atoms with Crippen molar-refractivity contribution in [3.63, 3.8) is 0 Å². The Morgan fingerprint density at radius 1 is 1.26 bits per heavy atom. The van der Waals surface area contributed by atoms with Crippen LogP contribution >= 0.6 is 11.8 Å². The highest BCUT2D eigenvalue weighted by Gasteiger charge is 2.17. The smallest absolute Gasteiger partial charge is 0.233 e. The van der Waals surface area contributed by atoms with Crippen molar-refractivity contribution in [2.45, 2.75) is 32.1 Å². The number of benzene rings is 1. The van der Waals surface area contributed by atoms with Crippen LogP contribution in [0.5, 0.6) is 0 Å². The Morgan fingerprint density at radius 2 is 2.04 bits per heavy atom. The van der Waals surface area contributed by atoms with Gasteiger partial charge in [0.15, 0.2) is 11.0 Å². The number of carbonyl (C=O) groups excluding carboxylic acids is 1. The van der Waals surface area contributed by atoms with E-state index in [0.29, 0.717) is 12.3 Å². The molecule has 3 rings (SSSR count). The van der Waals surface area contributed by atoms with Gasteiger partial charge in [-0.2, -0.15) is 5.10 Å². The van der Waals surface area contributed by atoms with Gasteiger partial charge >= 0.3 is 0 Å². The summed E-state index contributed by atoms with van der Waals surface area (Å²) in [6.07, 6.45) is 3.69. The van der Waals surface area contributed by atoms with Crippen LogP contribution in [0.2, 0.25) is 0 Å². The predicted molar refractivity (Wildman–Crippen MR) is 106 cm³/mol. The maximum absolute atomic E-state index is 12.5. The van der Waals surface area contributed by atoms with Gasteiger partial charge in [-0.25, -0.2) is 0 Å². The molecule has 2 aromatic heterocycles. The lowest BCUT2D eigenvalue weighted by molar-refractivity contribution is -0.127. The Hall–Kier alpha value is -2.61. The molecule has 8 heteroatoms. The van der Waals surface area contributed by atoms with E-state index in [1.54, 1.807) is 22.8 Å². The Bertz CT molecular complexity index is 932. The molecular formula is C19H24N6OS. The lowest BCUT2D eigenvalue weighted by Gasteiger charge is -2.16. The molecule has 0 spiro atoms. The van der Waals surface area contributed by atoms with Gasteiger partial charge in [-0.3, -0.25) is 9.48 Å². The van der Waals surface area contributed by atoms with Crippen molar-refractivity contribution >= 4 is 17.7 Å². The average molecular weight is 385 g/mol. The molecular weight excluding hydrogens is 360 g/mol. The number of hydrogen-bond donors (Lipinski definition) is 0. The van der Waals surface area contributed by atoms with Crippen LogP contribution in [0.15, 0.2) is 41.8 Å². The summed E-state index contributed by atoms with van der Waals surface area (Å²) in [7, 11) is 3.67. The molecule has 0 unspecified atom stereocenters. The molecule has 0 bridgehead atoms. The number of carbonyl (C=O) groups is 1. The number of nitrogens with zero attached hydrogens (tertiary/aromatic N) is 6. The summed E-state index contributed by atoms with van der Waals surface area (Å²) < 4.78 is 3.79. The summed E-state index contributed by atoms with van der Waals surface area (Å²) in [5, 5.41) is 13.6. The lowest BCUT2D eigenvalue weighted by Crippen LogP contribution is -2.27. The number of hydrogen-bond acceptors (Lipinski definition) is 5. The normalized spacial score (nSPS) is 11.0. The predicted octanol–water partition coefficient (Wildman–Crippen LogP) is 2.76. The largest absolute Gasteiger partial charge is 0.341 e. The SMILES string of the molecule is CCn1c(SCC(=O)N(C)Cc2cnn(C)c2)nnc1-c1ccccc1C. The van der Waals surface area contributed by atoms with Crippen LogP contribution in [0.1, 0.15) is 18.1 Å². The molecule has 2 heterocycles. The van der Waals surface area contributed by atoms with Crippen molar-refractivity contribution in [3.05, 3.63) is 47.8 Å². The topological polar surface area (TPSA) is 68.8 Å². The van der Waals surface area contributed by atoms with Gasteiger partial charge in [-0.1, -0.05) is 36.0 Å². The van der Waals surface area contributed by atoms with E-state index in [9.17, 15) is 4.79 Å². The summed E-state index contributed by atoms with van der Waals surface area (Å²) in [4.78, 5) is 14.2. The van der Waals surface area contributed by atoms with E-state index in [4.69, 9.17) is 0 Å². The first kappa shape index (κ1) is 19.2. The molecule has 3 aromatic rings. The van der Waals surface area contributed by atoms with Gasteiger partial charge in [-0.15, -0.1) is 10.2 Å². The van der Waals surface area contributed by atoms with Crippen molar-refractivity contribution in [1.29, 1.82) is 0 Å². The fraction of sp³-hybridized carbons (Fsp3) is 0.368. The zero-order valence-corrected chi connectivity index (χ0v) is 16.9. The molecule has 0 aliphatic heterocycles. The molecule has 7 nitrogen and oxygen atoms in total. The molecule has 1 amide bonds. The van der Waals surface area contributed by atoms with Crippen molar-refractivity contribution < 1.29 is 4.79 Å². The van der Waals surface area contributed by atoms with Crippen LogP contribution in [0, 0.1) is 6.92 Å². The van der Waals surface area contributed by atoms with Gasteiger partial charge in [0.05, 0.1) is 11.9 Å². The quantitative estimate of drug-likeness (QED) is 0.586. The molecule has 1 aromatic carbocycles. The van der Waals surface area contributed by atoms with E-state index >= 15 is 0 Å². The molecule has 0 N–H and O–H groups in total. The molecule has 0 saturated carbocycles. The molecule has 27 heavy (non-hydrogen) atoms. The second-order valence-corrected chi connectivity index (χ2v) is 7.37. The van der Waals surface area contributed by atoms with Crippen LogP contribution in [0.4, 0.5) is 0 Å². The minimum Gasteiger partial charge on any atom is -0.341 e. The number of thioether (sulfide) groups is 1. The monoisotopic (exact) mass is 384 g/mol. The van der Waals surface area contributed by atoms with Gasteiger partial charge < -0.3 is 9.47 Å². The third-order valence-corrected chi connectivity index (χ3v) is 5.30. The summed E-state index contributed by atoms with van der Waals surface area (Å²) in [6, 6.07) is 8.12. The minimum absolute atomic E-state index is 0.0481. The first-order valence-electron chi connectivity index (χ1n) is 8.83. The molecule has 0 fully saturated rings. The number of aromatic nitrogens is 5. The second-order valence-electron chi connectivity index (χ2n) is 6.43. The molecule has 0 aliphatic carbocycles. The van der Waals surface area contributed by atoms with E-state index in [1.807, 2.05) is 31.4 Å². The number of amides is 1. The van der Waals surface area contributed by atoms with Gasteiger partial charge in [-0.05, 0) is 19.4 Å². The van der Waals surface area contributed by atoms with Gasteiger partial charge in [0.2, 0.25) is 5.91 Å². The fourth-order valence-electron chi connectivity index (χ4n) is 2.86. The Labute approximate surface area is 163 Å². The highest BCUT2D eigenvalue weighted by molar-refractivity contribution is 7.99. The summed E-state index contributed by atoms with van der Waals surface area (Å²) in [6.45, 7) is 5.42. The van der Waals surface area contributed by atoms with Crippen LogP contribution in [0.3, 0.4) is 0 Å². The number of aryl methyl sites for hydroxylation is 2. The highest BCUT2D eigenvalue weighted by atomic mass is 32.2. The minimum atomic E-state index is 0.0481. The number of rotatable bonds is 7. The molecule has 142 valence electrons. The van der Waals surface area contributed by atoms with Crippen molar-refractivity contribution in [2.24, 2.45) is 7.05 Å². The van der Waals surface area contributed by atoms with Crippen LogP contribution in [-0.2, 0) is 24.9 Å². The van der Waals surface area contributed by atoms with E-state index in [1.165, 1.54) is 11.8 Å². The van der Waals surface area contributed by atoms with E-state index in [2.05, 4.69) is 39.8 Å². The first-order valence-corrected chi connectivity index (χ1v) is 9.81. The van der Waals surface area contributed by atoms with Gasteiger partial charge in [0, 0.05) is 44.5 Å². The average Bonchev–Trinajstić information content (AvgIpc) is 3.25. The molecule has 0 radical (unpaired) electrons. The Morgan fingerprint density at radius 3 is 2.70 bits per heavy atom. The third-order valence-electron chi connectivity index (χ3n) is 4.35. The van der Waals surface area contributed by atoms with E-state index in [-0.39, 0.29) is 5.91 Å². The van der Waals surface area contributed by atoms with Crippen molar-refractivity contribution in [3.8, 4) is 11.4 Å². The first-order chi connectivity index (χ1) is 13.0. The summed E-state index contributed by atoms with van der Waals surface area (Å²) in [5.41, 5.74) is 3.24. The van der Waals surface area contributed by atoms with Gasteiger partial charge in [0.25, 0.3) is 0 Å². The standard InChI is InChI=1S/C19H24N6OS/c1-5-25-18(16-9-7-6-8-14(16)2)21-22-19(25)27-13-17(26)23(3)11-15-10-20-24(4)12-15/h6-10,12H,5,11,13H2,1-4H3. The maximum Gasteiger partial charge on any atom is 0.233 e. The third kappa shape index (κ3) is 4.39. The lowest BCUT2D eigenvalue weighted by atomic mass is 10.1. The zero-order chi connectivity index (χ0) is 19.4. The Kier molecular flexibility index (Phi) is 5.95. The van der Waals surface area contributed by atoms with Crippen LogP contribution in [0.25, 0.3) is 11.4 Å². The zero-order valence-electron chi connectivity index (χ0n) is 16.1. The molecule has 0 atom stereocenters. The highest BCUT2D eigenvalue weighted by Crippen LogP contribution is 2.26.